The number of nitrogens with zero attached hydrogens (tertiary/aromatic N) is 7. The van der Waals surface area contributed by atoms with Gasteiger partial charge in [-0.05, 0) is 56.3 Å². The Hall–Kier alpha value is -3.39. The molecule has 10 nitrogen and oxygen atoms in total. The van der Waals surface area contributed by atoms with Crippen LogP contribution in [0.4, 0.5) is 5.82 Å². The van der Waals surface area contributed by atoms with Crippen molar-refractivity contribution in [2.24, 2.45) is 0 Å². The second-order valence-electron chi connectivity index (χ2n) is 10.5. The first-order valence-corrected chi connectivity index (χ1v) is 13.7. The van der Waals surface area contributed by atoms with Crippen molar-refractivity contribution in [3.8, 4) is 17.8 Å². The highest BCUT2D eigenvalue weighted by atomic mass is 35.5. The Morgan fingerprint density at radius 1 is 1.28 bits per heavy atom. The van der Waals surface area contributed by atoms with Crippen LogP contribution >= 0.6 is 11.6 Å². The SMILES string of the molecule is C=CC(=O)N1CCN(c2nc(OC[C@@H]3CCCN3C)nc3c2CN(Cc2cc(O)ccc2Cl)C3)C[C@@H]1CC#N. The minimum atomic E-state index is -0.264. The van der Waals surface area contributed by atoms with Crippen molar-refractivity contribution in [2.45, 2.75) is 51.0 Å². The third-order valence-electron chi connectivity index (χ3n) is 7.87. The van der Waals surface area contributed by atoms with Crippen LogP contribution in [0.3, 0.4) is 0 Å². The largest absolute Gasteiger partial charge is 0.508 e. The number of halogens is 1. The molecule has 2 saturated heterocycles. The average Bonchev–Trinajstić information content (AvgIpc) is 3.53. The van der Waals surface area contributed by atoms with Gasteiger partial charge in [0.05, 0.1) is 24.2 Å². The molecular formula is C28H34ClN7O3. The molecule has 5 rings (SSSR count). The van der Waals surface area contributed by atoms with Gasteiger partial charge in [0.2, 0.25) is 5.91 Å². The smallest absolute Gasteiger partial charge is 0.318 e. The molecule has 0 spiro atoms. The quantitative estimate of drug-likeness (QED) is 0.495. The predicted molar refractivity (Wildman–Crippen MR) is 147 cm³/mol. The number of aromatic nitrogens is 2. The summed E-state index contributed by atoms with van der Waals surface area (Å²) in [5.41, 5.74) is 2.74. The number of benzene rings is 1. The predicted octanol–water partition coefficient (Wildman–Crippen LogP) is 2.94. The number of carbonyl (C=O) groups is 1. The summed E-state index contributed by atoms with van der Waals surface area (Å²) in [5, 5.41) is 20.0. The van der Waals surface area contributed by atoms with Crippen LogP contribution in [0, 0.1) is 11.3 Å². The van der Waals surface area contributed by atoms with Crippen molar-refractivity contribution in [1.82, 2.24) is 24.7 Å². The van der Waals surface area contributed by atoms with Crippen molar-refractivity contribution < 1.29 is 14.6 Å². The summed E-state index contributed by atoms with van der Waals surface area (Å²) in [6.07, 6.45) is 3.77. The van der Waals surface area contributed by atoms with E-state index in [0.29, 0.717) is 63.0 Å². The number of hydrogen-bond acceptors (Lipinski definition) is 9. The van der Waals surface area contributed by atoms with E-state index in [4.69, 9.17) is 26.3 Å². The molecule has 39 heavy (non-hydrogen) atoms. The number of phenols is 1. The highest BCUT2D eigenvalue weighted by molar-refractivity contribution is 6.31. The molecule has 206 valence electrons. The molecule has 3 aliphatic rings. The van der Waals surface area contributed by atoms with Crippen LogP contribution in [0.5, 0.6) is 11.8 Å². The summed E-state index contributed by atoms with van der Waals surface area (Å²) in [4.78, 5) is 30.5. The average molecular weight is 552 g/mol. The lowest BCUT2D eigenvalue weighted by Gasteiger charge is -2.41. The number of phenolic OH excluding ortho intramolecular Hbond substituents is 1. The van der Waals surface area contributed by atoms with E-state index in [0.717, 1.165) is 42.0 Å². The van der Waals surface area contributed by atoms with Crippen LogP contribution in [-0.2, 0) is 24.4 Å². The van der Waals surface area contributed by atoms with E-state index in [2.05, 4.69) is 34.4 Å². The standard InChI is InChI=1S/C28H34ClN7O3/c1-3-26(38)36-12-11-35(15-20(36)8-9-30)27-23-16-34(14-19-13-22(37)6-7-24(19)29)17-25(23)31-28(32-27)39-18-21-5-4-10-33(21)2/h3,6-7,13,20-21,37H,1,4-5,8,10-12,14-18H2,2H3/t20-,21-/m0/s1. The van der Waals surface area contributed by atoms with E-state index >= 15 is 0 Å². The van der Waals surface area contributed by atoms with E-state index < -0.39 is 0 Å². The molecule has 3 aliphatic heterocycles. The van der Waals surface area contributed by atoms with Crippen LogP contribution in [0.1, 0.15) is 36.1 Å². The molecule has 11 heteroatoms. The minimum absolute atomic E-state index is 0.165. The van der Waals surface area contributed by atoms with Gasteiger partial charge < -0.3 is 24.5 Å². The topological polar surface area (TPSA) is 109 Å². The summed E-state index contributed by atoms with van der Waals surface area (Å²) in [7, 11) is 2.11. The van der Waals surface area contributed by atoms with Crippen molar-refractivity contribution in [1.29, 1.82) is 5.26 Å². The first kappa shape index (κ1) is 27.2. The van der Waals surface area contributed by atoms with Gasteiger partial charge in [0, 0.05) is 55.9 Å². The molecule has 4 heterocycles. The second-order valence-corrected chi connectivity index (χ2v) is 10.9. The van der Waals surface area contributed by atoms with Crippen LogP contribution < -0.4 is 9.64 Å². The van der Waals surface area contributed by atoms with Gasteiger partial charge in [-0.2, -0.15) is 15.2 Å². The molecule has 0 unspecified atom stereocenters. The molecule has 0 radical (unpaired) electrons. The third kappa shape index (κ3) is 5.96. The first-order valence-electron chi connectivity index (χ1n) is 13.3. The maximum atomic E-state index is 12.4. The van der Waals surface area contributed by atoms with Gasteiger partial charge in [-0.25, -0.2) is 0 Å². The Morgan fingerprint density at radius 3 is 2.87 bits per heavy atom. The van der Waals surface area contributed by atoms with E-state index in [-0.39, 0.29) is 24.1 Å². The normalized spacial score (nSPS) is 21.6. The Balaban J connectivity index is 1.41. The molecule has 2 atom stereocenters. The van der Waals surface area contributed by atoms with Crippen LogP contribution in [0.15, 0.2) is 30.9 Å². The molecule has 1 N–H and O–H groups in total. The van der Waals surface area contributed by atoms with Crippen LogP contribution in [0.2, 0.25) is 5.02 Å². The van der Waals surface area contributed by atoms with Crippen molar-refractivity contribution >= 4 is 23.3 Å². The van der Waals surface area contributed by atoms with E-state index in [1.54, 1.807) is 23.1 Å². The lowest BCUT2D eigenvalue weighted by Crippen LogP contribution is -2.55. The molecule has 1 aromatic carbocycles. The second kappa shape index (κ2) is 11.8. The number of rotatable bonds is 8. The molecule has 2 aromatic rings. The number of amides is 1. The molecular weight excluding hydrogens is 518 g/mol. The zero-order valence-corrected chi connectivity index (χ0v) is 23.0. The van der Waals surface area contributed by atoms with Crippen molar-refractivity contribution in [3.63, 3.8) is 0 Å². The number of likely N-dealkylation sites (tertiary alicyclic amines) is 1. The molecule has 0 saturated carbocycles. The Bertz CT molecular complexity index is 1280. The number of carbonyl (C=O) groups excluding carboxylic acids is 1. The summed E-state index contributed by atoms with van der Waals surface area (Å²) in [6, 6.07) is 7.61. The van der Waals surface area contributed by atoms with Gasteiger partial charge >= 0.3 is 6.01 Å². The third-order valence-corrected chi connectivity index (χ3v) is 8.24. The lowest BCUT2D eigenvalue weighted by molar-refractivity contribution is -0.128. The number of nitriles is 1. The Morgan fingerprint density at radius 2 is 2.13 bits per heavy atom. The van der Waals surface area contributed by atoms with Gasteiger partial charge in [-0.1, -0.05) is 18.2 Å². The Kier molecular flexibility index (Phi) is 8.21. The monoisotopic (exact) mass is 551 g/mol. The van der Waals surface area contributed by atoms with Gasteiger partial charge in [0.15, 0.2) is 0 Å². The molecule has 0 bridgehead atoms. The molecule has 1 amide bonds. The minimum Gasteiger partial charge on any atom is -0.508 e. The highest BCUT2D eigenvalue weighted by Crippen LogP contribution is 2.34. The number of ether oxygens (including phenoxy) is 1. The number of piperazine rings is 1. The zero-order chi connectivity index (χ0) is 27.5. The van der Waals surface area contributed by atoms with Gasteiger partial charge in [0.1, 0.15) is 18.2 Å². The zero-order valence-electron chi connectivity index (χ0n) is 22.2. The van der Waals surface area contributed by atoms with E-state index in [1.807, 2.05) is 0 Å². The highest BCUT2D eigenvalue weighted by Gasteiger charge is 2.34. The van der Waals surface area contributed by atoms with E-state index in [9.17, 15) is 15.2 Å². The fourth-order valence-electron chi connectivity index (χ4n) is 5.74. The first-order chi connectivity index (χ1) is 18.9. The van der Waals surface area contributed by atoms with Gasteiger partial charge in [-0.15, -0.1) is 0 Å². The van der Waals surface area contributed by atoms with Crippen molar-refractivity contribution in [2.75, 3.05) is 44.7 Å². The number of aromatic hydroxyl groups is 1. The number of anilines is 1. The van der Waals surface area contributed by atoms with Gasteiger partial charge in [0.25, 0.3) is 0 Å². The van der Waals surface area contributed by atoms with Crippen LogP contribution in [0.25, 0.3) is 0 Å². The van der Waals surface area contributed by atoms with Gasteiger partial charge in [-0.3, -0.25) is 9.69 Å². The lowest BCUT2D eigenvalue weighted by atomic mass is 10.1. The number of hydrogen-bond donors (Lipinski definition) is 1. The molecule has 2 fully saturated rings. The van der Waals surface area contributed by atoms with E-state index in [1.165, 1.54) is 6.08 Å². The molecule has 1 aromatic heterocycles. The maximum Gasteiger partial charge on any atom is 0.318 e. The summed E-state index contributed by atoms with van der Waals surface area (Å²) < 4.78 is 6.16. The molecule has 0 aliphatic carbocycles. The maximum absolute atomic E-state index is 12.4. The Labute approximate surface area is 234 Å². The summed E-state index contributed by atoms with van der Waals surface area (Å²) >= 11 is 6.41. The van der Waals surface area contributed by atoms with Crippen molar-refractivity contribution in [3.05, 3.63) is 52.7 Å². The fraction of sp³-hybridized carbons (Fsp3) is 0.500. The van der Waals surface area contributed by atoms with Crippen LogP contribution in [-0.4, -0.2) is 87.6 Å². The number of fused-ring (bicyclic) bond motifs is 1. The fourth-order valence-corrected chi connectivity index (χ4v) is 5.91. The number of likely N-dealkylation sites (N-methyl/N-ethyl adjacent to an activating group) is 1. The summed E-state index contributed by atoms with van der Waals surface area (Å²) in [5.74, 6) is 0.796. The summed E-state index contributed by atoms with van der Waals surface area (Å²) in [6.45, 7) is 8.49.